The summed E-state index contributed by atoms with van der Waals surface area (Å²) in [7, 11) is 1.67. The molecule has 4 rings (SSSR count). The standard InChI is InChI=1S/C27H25N5O2/c1-4-18(15-28)19-6-5-7-20(12-19)26(33)31-22-9-8-17(2)25(14-22)30-21-10-11-24-23(13-21)27(34)32(3)16-29-24/h5-14,16,18,30H,4H2,1-3H3,(H,31,33). The predicted molar refractivity (Wildman–Crippen MR) is 134 cm³/mol. The number of rotatable bonds is 6. The zero-order valence-electron chi connectivity index (χ0n) is 19.3. The number of anilines is 3. The molecular formula is C27H25N5O2. The van der Waals surface area contributed by atoms with Gasteiger partial charge in [0.05, 0.1) is 29.2 Å². The highest BCUT2D eigenvalue weighted by atomic mass is 16.1. The molecule has 170 valence electrons. The van der Waals surface area contributed by atoms with Crippen molar-refractivity contribution < 1.29 is 4.79 Å². The van der Waals surface area contributed by atoms with Gasteiger partial charge in [0.1, 0.15) is 0 Å². The first-order valence-corrected chi connectivity index (χ1v) is 11.0. The molecule has 0 saturated carbocycles. The first-order valence-electron chi connectivity index (χ1n) is 11.0. The Kier molecular flexibility index (Phi) is 6.42. The number of nitrogens with one attached hydrogen (secondary N) is 2. The third-order valence-corrected chi connectivity index (χ3v) is 5.81. The van der Waals surface area contributed by atoms with Gasteiger partial charge in [0.15, 0.2) is 0 Å². The lowest BCUT2D eigenvalue weighted by molar-refractivity contribution is 0.102. The van der Waals surface area contributed by atoms with Crippen molar-refractivity contribution in [1.29, 1.82) is 5.26 Å². The molecule has 0 aliphatic carbocycles. The quantitative estimate of drug-likeness (QED) is 0.417. The van der Waals surface area contributed by atoms with E-state index in [1.165, 1.54) is 10.9 Å². The average Bonchev–Trinajstić information content (AvgIpc) is 2.85. The minimum absolute atomic E-state index is 0.115. The van der Waals surface area contributed by atoms with Crippen molar-refractivity contribution in [3.05, 3.63) is 94.0 Å². The molecule has 1 heterocycles. The Morgan fingerprint density at radius 3 is 2.68 bits per heavy atom. The molecule has 0 spiro atoms. The fourth-order valence-electron chi connectivity index (χ4n) is 3.78. The van der Waals surface area contributed by atoms with E-state index in [1.54, 1.807) is 37.4 Å². The maximum absolute atomic E-state index is 12.9. The summed E-state index contributed by atoms with van der Waals surface area (Å²) in [5.74, 6) is -0.485. The van der Waals surface area contributed by atoms with Crippen molar-refractivity contribution in [2.24, 2.45) is 7.05 Å². The predicted octanol–water partition coefficient (Wildman–Crippen LogP) is 5.26. The number of aromatic nitrogens is 2. The molecule has 3 aromatic carbocycles. The highest BCUT2D eigenvalue weighted by Crippen LogP contribution is 2.26. The van der Waals surface area contributed by atoms with Gasteiger partial charge >= 0.3 is 0 Å². The molecule has 1 amide bonds. The van der Waals surface area contributed by atoms with Crippen LogP contribution < -0.4 is 16.2 Å². The molecule has 1 atom stereocenters. The normalized spacial score (nSPS) is 11.6. The number of nitrogens with zero attached hydrogens (tertiary/aromatic N) is 3. The molecule has 7 heteroatoms. The van der Waals surface area contributed by atoms with Gasteiger partial charge in [-0.3, -0.25) is 9.59 Å². The summed E-state index contributed by atoms with van der Waals surface area (Å²) in [4.78, 5) is 29.6. The second-order valence-electron chi connectivity index (χ2n) is 8.22. The third-order valence-electron chi connectivity index (χ3n) is 5.81. The molecule has 0 bridgehead atoms. The Labute approximate surface area is 197 Å². The van der Waals surface area contributed by atoms with E-state index in [2.05, 4.69) is 21.7 Å². The molecule has 0 aliphatic rings. The number of carbonyl (C=O) groups is 1. The largest absolute Gasteiger partial charge is 0.355 e. The Morgan fingerprint density at radius 1 is 1.12 bits per heavy atom. The summed E-state index contributed by atoms with van der Waals surface area (Å²) < 4.78 is 1.45. The molecule has 1 unspecified atom stereocenters. The van der Waals surface area contributed by atoms with Crippen LogP contribution in [0.15, 0.2) is 71.8 Å². The van der Waals surface area contributed by atoms with Crippen LogP contribution in [0.25, 0.3) is 10.9 Å². The number of amides is 1. The molecule has 1 aromatic heterocycles. The van der Waals surface area contributed by atoms with Crippen molar-refractivity contribution >= 4 is 33.9 Å². The molecular weight excluding hydrogens is 426 g/mol. The molecule has 0 aliphatic heterocycles. The maximum Gasteiger partial charge on any atom is 0.260 e. The van der Waals surface area contributed by atoms with Crippen LogP contribution in [0.4, 0.5) is 17.1 Å². The molecule has 2 N–H and O–H groups in total. The minimum atomic E-state index is -0.246. The Balaban J connectivity index is 1.57. The van der Waals surface area contributed by atoms with Gasteiger partial charge in [-0.25, -0.2) is 4.98 Å². The van der Waals surface area contributed by atoms with Crippen molar-refractivity contribution in [2.45, 2.75) is 26.2 Å². The molecule has 7 nitrogen and oxygen atoms in total. The summed E-state index contributed by atoms with van der Waals surface area (Å²) in [6.07, 6.45) is 2.19. The van der Waals surface area contributed by atoms with Crippen LogP contribution in [0, 0.1) is 18.3 Å². The maximum atomic E-state index is 12.9. The topological polar surface area (TPSA) is 99.8 Å². The van der Waals surface area contributed by atoms with Gasteiger partial charge < -0.3 is 15.2 Å². The number of carbonyl (C=O) groups excluding carboxylic acids is 1. The lowest BCUT2D eigenvalue weighted by Gasteiger charge is -2.14. The highest BCUT2D eigenvalue weighted by molar-refractivity contribution is 6.04. The van der Waals surface area contributed by atoms with Crippen molar-refractivity contribution in [1.82, 2.24) is 9.55 Å². The molecule has 0 radical (unpaired) electrons. The van der Waals surface area contributed by atoms with Crippen LogP contribution in [-0.2, 0) is 7.05 Å². The second-order valence-corrected chi connectivity index (χ2v) is 8.22. The summed E-state index contributed by atoms with van der Waals surface area (Å²) in [6, 6.07) is 20.5. The Hall–Kier alpha value is -4.44. The average molecular weight is 452 g/mol. The van der Waals surface area contributed by atoms with Gasteiger partial charge in [0.25, 0.3) is 11.5 Å². The van der Waals surface area contributed by atoms with E-state index in [1.807, 2.05) is 44.2 Å². The molecule has 0 saturated heterocycles. The van der Waals surface area contributed by atoms with Crippen LogP contribution >= 0.6 is 0 Å². The number of hydrogen-bond donors (Lipinski definition) is 2. The van der Waals surface area contributed by atoms with E-state index in [4.69, 9.17) is 0 Å². The fourth-order valence-corrected chi connectivity index (χ4v) is 3.78. The SMILES string of the molecule is CCC(C#N)c1cccc(C(=O)Nc2ccc(C)c(Nc3ccc4ncn(C)c(=O)c4c3)c2)c1. The smallest absolute Gasteiger partial charge is 0.260 e. The van der Waals surface area contributed by atoms with E-state index in [-0.39, 0.29) is 17.4 Å². The first kappa shape index (κ1) is 22.7. The van der Waals surface area contributed by atoms with E-state index >= 15 is 0 Å². The van der Waals surface area contributed by atoms with Crippen LogP contribution in [0.2, 0.25) is 0 Å². The number of nitriles is 1. The van der Waals surface area contributed by atoms with Gasteiger partial charge in [0.2, 0.25) is 0 Å². The zero-order chi connectivity index (χ0) is 24.2. The van der Waals surface area contributed by atoms with Crippen molar-refractivity contribution in [3.8, 4) is 6.07 Å². The van der Waals surface area contributed by atoms with Crippen molar-refractivity contribution in [2.75, 3.05) is 10.6 Å². The van der Waals surface area contributed by atoms with Crippen molar-refractivity contribution in [3.63, 3.8) is 0 Å². The fraction of sp³-hybridized carbons (Fsp3) is 0.185. The first-order chi connectivity index (χ1) is 16.4. The van der Waals surface area contributed by atoms with Crippen LogP contribution in [0.3, 0.4) is 0 Å². The van der Waals surface area contributed by atoms with E-state index in [0.717, 1.165) is 22.5 Å². The zero-order valence-corrected chi connectivity index (χ0v) is 19.3. The van der Waals surface area contributed by atoms with Gasteiger partial charge in [0, 0.05) is 29.7 Å². The Morgan fingerprint density at radius 2 is 1.91 bits per heavy atom. The van der Waals surface area contributed by atoms with E-state index in [9.17, 15) is 14.9 Å². The van der Waals surface area contributed by atoms with Gasteiger partial charge in [-0.05, 0) is 66.9 Å². The lowest BCUT2D eigenvalue weighted by atomic mass is 9.96. The second kappa shape index (κ2) is 9.59. The van der Waals surface area contributed by atoms with Crippen LogP contribution in [0.5, 0.6) is 0 Å². The summed E-state index contributed by atoms with van der Waals surface area (Å²) in [5, 5.41) is 16.1. The number of aryl methyl sites for hydroxylation is 2. The summed E-state index contributed by atoms with van der Waals surface area (Å²) in [6.45, 7) is 3.91. The monoisotopic (exact) mass is 451 g/mol. The lowest BCUT2D eigenvalue weighted by Crippen LogP contribution is -2.16. The summed E-state index contributed by atoms with van der Waals surface area (Å²) in [5.41, 5.74) is 5.03. The van der Waals surface area contributed by atoms with E-state index in [0.29, 0.717) is 28.6 Å². The highest BCUT2D eigenvalue weighted by Gasteiger charge is 2.13. The minimum Gasteiger partial charge on any atom is -0.355 e. The number of hydrogen-bond acceptors (Lipinski definition) is 5. The van der Waals surface area contributed by atoms with E-state index < -0.39 is 0 Å². The molecule has 4 aromatic rings. The molecule has 0 fully saturated rings. The number of fused-ring (bicyclic) bond motifs is 1. The summed E-state index contributed by atoms with van der Waals surface area (Å²) >= 11 is 0. The van der Waals surface area contributed by atoms with Gasteiger partial charge in [-0.1, -0.05) is 25.1 Å². The Bertz CT molecular complexity index is 1480. The third kappa shape index (κ3) is 4.66. The van der Waals surface area contributed by atoms with Gasteiger partial charge in [-0.2, -0.15) is 5.26 Å². The van der Waals surface area contributed by atoms with Crippen LogP contribution in [0.1, 0.15) is 40.7 Å². The van der Waals surface area contributed by atoms with Crippen LogP contribution in [-0.4, -0.2) is 15.5 Å². The molecule has 34 heavy (non-hydrogen) atoms. The van der Waals surface area contributed by atoms with Gasteiger partial charge in [-0.15, -0.1) is 0 Å². The number of benzene rings is 3.